The van der Waals surface area contributed by atoms with Crippen molar-refractivity contribution in [1.82, 2.24) is 10.0 Å². The van der Waals surface area contributed by atoms with E-state index in [1.807, 2.05) is 30.3 Å². The summed E-state index contributed by atoms with van der Waals surface area (Å²) in [5, 5.41) is 3.02. The zero-order valence-electron chi connectivity index (χ0n) is 14.9. The summed E-state index contributed by atoms with van der Waals surface area (Å²) in [6.07, 6.45) is 4.41. The summed E-state index contributed by atoms with van der Waals surface area (Å²) < 4.78 is 29.1. The Morgan fingerprint density at radius 2 is 1.67 bits per heavy atom. The normalized spacial score (nSPS) is 16.2. The number of nitrogens with one attached hydrogen (secondary N) is 2. The van der Waals surface area contributed by atoms with Crippen molar-refractivity contribution in [2.45, 2.75) is 49.1 Å². The Labute approximate surface area is 174 Å². The monoisotopic (exact) mass is 498 g/mol. The number of hydrogen-bond acceptors (Lipinski definition) is 3. The minimum atomic E-state index is -3.79. The lowest BCUT2D eigenvalue weighted by atomic mass is 10.1. The molecule has 0 bridgehead atoms. The summed E-state index contributed by atoms with van der Waals surface area (Å²) in [7, 11) is -3.79. The summed E-state index contributed by atoms with van der Waals surface area (Å²) in [4.78, 5) is 13.0. The molecular weight excluding hydrogens is 475 g/mol. The number of carbonyl (C=O) groups excluding carboxylic acids is 1. The Morgan fingerprint density at radius 1 is 1.04 bits per heavy atom. The first-order chi connectivity index (χ1) is 12.9. The second-order valence-electron chi connectivity index (χ2n) is 6.81. The van der Waals surface area contributed by atoms with Crippen molar-refractivity contribution in [3.63, 3.8) is 0 Å². The molecule has 1 saturated carbocycles. The molecule has 0 heterocycles. The van der Waals surface area contributed by atoms with Crippen molar-refractivity contribution in [3.05, 3.63) is 63.7 Å². The van der Waals surface area contributed by atoms with Gasteiger partial charge in [0.1, 0.15) is 6.04 Å². The Kier molecular flexibility index (Phi) is 6.88. The SMILES string of the molecule is O=C(NC1CCCC1)[C@H](Cc1ccccc1)NS(=O)(=O)c1ccc(I)cc1. The molecule has 144 valence electrons. The number of benzene rings is 2. The Bertz CT molecular complexity index is 864. The van der Waals surface area contributed by atoms with E-state index in [1.165, 1.54) is 0 Å². The molecule has 2 aromatic rings. The summed E-state index contributed by atoms with van der Waals surface area (Å²) in [5.74, 6) is -0.264. The van der Waals surface area contributed by atoms with Crippen LogP contribution < -0.4 is 10.0 Å². The van der Waals surface area contributed by atoms with Gasteiger partial charge in [-0.25, -0.2) is 8.42 Å². The number of amides is 1. The van der Waals surface area contributed by atoms with Gasteiger partial charge in [-0.3, -0.25) is 4.79 Å². The lowest BCUT2D eigenvalue weighted by Gasteiger charge is -2.21. The van der Waals surface area contributed by atoms with E-state index in [0.717, 1.165) is 34.8 Å². The standard InChI is InChI=1S/C20H23IN2O3S/c21-16-10-12-18(13-11-16)27(25,26)23-19(14-15-6-2-1-3-7-15)20(24)22-17-8-4-5-9-17/h1-3,6-7,10-13,17,19,23H,4-5,8-9,14H2,(H,22,24)/t19-/m0/s1. The van der Waals surface area contributed by atoms with Crippen LogP contribution in [-0.2, 0) is 21.2 Å². The lowest BCUT2D eigenvalue weighted by molar-refractivity contribution is -0.123. The Morgan fingerprint density at radius 3 is 2.30 bits per heavy atom. The number of sulfonamides is 1. The van der Waals surface area contributed by atoms with Gasteiger partial charge in [0.25, 0.3) is 0 Å². The molecule has 5 nitrogen and oxygen atoms in total. The third-order valence-electron chi connectivity index (χ3n) is 4.72. The molecule has 0 aliphatic heterocycles. The maximum Gasteiger partial charge on any atom is 0.241 e. The van der Waals surface area contributed by atoms with Crippen LogP contribution in [0.1, 0.15) is 31.2 Å². The highest BCUT2D eigenvalue weighted by Gasteiger charge is 2.28. The van der Waals surface area contributed by atoms with E-state index in [2.05, 4.69) is 32.6 Å². The predicted octanol–water partition coefficient (Wildman–Crippen LogP) is 3.24. The van der Waals surface area contributed by atoms with Gasteiger partial charge in [0.05, 0.1) is 4.90 Å². The maximum atomic E-state index is 12.8. The number of halogens is 1. The van der Waals surface area contributed by atoms with Crippen molar-refractivity contribution in [3.8, 4) is 0 Å². The molecule has 7 heteroatoms. The molecule has 1 atom stereocenters. The van der Waals surface area contributed by atoms with Gasteiger partial charge < -0.3 is 5.32 Å². The van der Waals surface area contributed by atoms with E-state index in [0.29, 0.717) is 6.42 Å². The van der Waals surface area contributed by atoms with Crippen LogP contribution in [0.4, 0.5) is 0 Å². The van der Waals surface area contributed by atoms with Gasteiger partial charge in [-0.15, -0.1) is 0 Å². The molecule has 0 saturated heterocycles. The van der Waals surface area contributed by atoms with Gasteiger partial charge in [-0.1, -0.05) is 43.2 Å². The molecule has 0 spiro atoms. The van der Waals surface area contributed by atoms with Gasteiger partial charge >= 0.3 is 0 Å². The molecular formula is C20H23IN2O3S. The van der Waals surface area contributed by atoms with Crippen molar-refractivity contribution in [1.29, 1.82) is 0 Å². The smallest absolute Gasteiger partial charge is 0.241 e. The highest BCUT2D eigenvalue weighted by Crippen LogP contribution is 2.18. The van der Waals surface area contributed by atoms with E-state index in [-0.39, 0.29) is 16.8 Å². The largest absolute Gasteiger partial charge is 0.352 e. The van der Waals surface area contributed by atoms with E-state index in [9.17, 15) is 13.2 Å². The van der Waals surface area contributed by atoms with E-state index >= 15 is 0 Å². The average Bonchev–Trinajstić information content (AvgIpc) is 3.15. The zero-order valence-corrected chi connectivity index (χ0v) is 17.9. The fourth-order valence-corrected chi connectivity index (χ4v) is 4.83. The number of carbonyl (C=O) groups is 1. The first-order valence-corrected chi connectivity index (χ1v) is 11.6. The summed E-state index contributed by atoms with van der Waals surface area (Å²) in [6, 6.07) is 15.3. The molecule has 3 rings (SSSR count). The number of hydrogen-bond donors (Lipinski definition) is 2. The van der Waals surface area contributed by atoms with Gasteiger partial charge in [0.2, 0.25) is 15.9 Å². The zero-order chi connectivity index (χ0) is 19.3. The minimum absolute atomic E-state index is 0.138. The summed E-state index contributed by atoms with van der Waals surface area (Å²) in [5.41, 5.74) is 0.911. The van der Waals surface area contributed by atoms with Crippen LogP contribution in [0.25, 0.3) is 0 Å². The van der Waals surface area contributed by atoms with Gasteiger partial charge in [0, 0.05) is 9.61 Å². The number of rotatable bonds is 7. The molecule has 1 fully saturated rings. The van der Waals surface area contributed by atoms with Gasteiger partial charge in [-0.05, 0) is 71.7 Å². The quantitative estimate of drug-likeness (QED) is 0.576. The first-order valence-electron chi connectivity index (χ1n) is 9.06. The lowest BCUT2D eigenvalue weighted by Crippen LogP contribution is -2.50. The van der Waals surface area contributed by atoms with Crippen molar-refractivity contribution >= 4 is 38.5 Å². The third-order valence-corrected chi connectivity index (χ3v) is 6.93. The molecule has 2 aromatic carbocycles. The second-order valence-corrected chi connectivity index (χ2v) is 9.77. The Balaban J connectivity index is 1.79. The van der Waals surface area contributed by atoms with Crippen LogP contribution in [0.2, 0.25) is 0 Å². The maximum absolute atomic E-state index is 12.8. The first kappa shape index (κ1) is 20.3. The van der Waals surface area contributed by atoms with Crippen LogP contribution in [0.15, 0.2) is 59.5 Å². The van der Waals surface area contributed by atoms with Crippen molar-refractivity contribution < 1.29 is 13.2 Å². The highest BCUT2D eigenvalue weighted by atomic mass is 127. The minimum Gasteiger partial charge on any atom is -0.352 e. The van der Waals surface area contributed by atoms with E-state index in [1.54, 1.807) is 24.3 Å². The molecule has 1 aliphatic rings. The topological polar surface area (TPSA) is 75.3 Å². The Hall–Kier alpha value is -1.45. The van der Waals surface area contributed by atoms with Crippen LogP contribution in [0.5, 0.6) is 0 Å². The second kappa shape index (κ2) is 9.16. The van der Waals surface area contributed by atoms with Crippen LogP contribution in [0, 0.1) is 3.57 Å². The molecule has 0 unspecified atom stereocenters. The fourth-order valence-electron chi connectivity index (χ4n) is 3.28. The van der Waals surface area contributed by atoms with E-state index < -0.39 is 16.1 Å². The third kappa shape index (κ3) is 5.76. The summed E-state index contributed by atoms with van der Waals surface area (Å²) in [6.45, 7) is 0. The molecule has 1 amide bonds. The average molecular weight is 498 g/mol. The van der Waals surface area contributed by atoms with Crippen molar-refractivity contribution in [2.75, 3.05) is 0 Å². The molecule has 0 aromatic heterocycles. The van der Waals surface area contributed by atoms with Gasteiger partial charge in [-0.2, -0.15) is 4.72 Å². The van der Waals surface area contributed by atoms with Crippen LogP contribution in [0.3, 0.4) is 0 Å². The summed E-state index contributed by atoms with van der Waals surface area (Å²) >= 11 is 2.12. The van der Waals surface area contributed by atoms with Crippen LogP contribution >= 0.6 is 22.6 Å². The van der Waals surface area contributed by atoms with Gasteiger partial charge in [0.15, 0.2) is 0 Å². The molecule has 27 heavy (non-hydrogen) atoms. The van der Waals surface area contributed by atoms with E-state index in [4.69, 9.17) is 0 Å². The van der Waals surface area contributed by atoms with Crippen molar-refractivity contribution in [2.24, 2.45) is 0 Å². The molecule has 1 aliphatic carbocycles. The molecule has 2 N–H and O–H groups in total. The predicted molar refractivity (Wildman–Crippen MR) is 114 cm³/mol. The highest BCUT2D eigenvalue weighted by molar-refractivity contribution is 14.1. The molecule has 0 radical (unpaired) electrons. The fraction of sp³-hybridized carbons (Fsp3) is 0.350. The van der Waals surface area contributed by atoms with Crippen LogP contribution in [-0.4, -0.2) is 26.4 Å².